The van der Waals surface area contributed by atoms with Crippen LogP contribution < -0.4 is 16.0 Å². The van der Waals surface area contributed by atoms with Crippen molar-refractivity contribution < 1.29 is 9.18 Å². The molecule has 0 atom stereocenters. The molecule has 0 heterocycles. The number of hydrogen-bond donors (Lipinski definition) is 3. The van der Waals surface area contributed by atoms with Crippen molar-refractivity contribution in [2.75, 3.05) is 26.7 Å². The molecule has 0 aliphatic rings. The Balaban J connectivity index is 2.36. The lowest BCUT2D eigenvalue weighted by molar-refractivity contribution is 0.0954. The molecule has 0 aliphatic heterocycles. The van der Waals surface area contributed by atoms with Crippen LogP contribution in [0, 0.1) is 12.7 Å². The van der Waals surface area contributed by atoms with Gasteiger partial charge < -0.3 is 16.0 Å². The lowest BCUT2D eigenvalue weighted by atomic mass is 10.1. The summed E-state index contributed by atoms with van der Waals surface area (Å²) in [4.78, 5) is 15.8. The molecule has 0 fully saturated rings. The highest BCUT2D eigenvalue weighted by Gasteiger charge is 2.07. The summed E-state index contributed by atoms with van der Waals surface area (Å²) < 4.78 is 13.4. The van der Waals surface area contributed by atoms with E-state index in [1.807, 2.05) is 0 Å². The van der Waals surface area contributed by atoms with Gasteiger partial charge in [0.1, 0.15) is 5.82 Å². The largest absolute Gasteiger partial charge is 0.355 e. The Bertz CT molecular complexity index is 528. The van der Waals surface area contributed by atoms with Crippen molar-refractivity contribution in [3.63, 3.8) is 0 Å². The molecule has 1 aromatic rings. The molecule has 0 spiro atoms. The molecule has 1 rings (SSSR count). The van der Waals surface area contributed by atoms with Crippen LogP contribution in [-0.4, -0.2) is 38.5 Å². The molecule has 0 aromatic heterocycles. The molecule has 6 heteroatoms. The van der Waals surface area contributed by atoms with E-state index in [1.165, 1.54) is 6.07 Å². The van der Waals surface area contributed by atoms with Gasteiger partial charge in [0.2, 0.25) is 0 Å². The molecule has 1 aromatic carbocycles. The van der Waals surface area contributed by atoms with Crippen LogP contribution >= 0.6 is 0 Å². The number of carbonyl (C=O) groups is 1. The van der Waals surface area contributed by atoms with Gasteiger partial charge in [0, 0.05) is 32.2 Å². The van der Waals surface area contributed by atoms with E-state index in [0.29, 0.717) is 36.7 Å². The van der Waals surface area contributed by atoms with Gasteiger partial charge in [-0.2, -0.15) is 0 Å². The number of carbonyl (C=O) groups excluding carboxylic acids is 1. The fourth-order valence-corrected chi connectivity index (χ4v) is 1.58. The Morgan fingerprint density at radius 2 is 2.05 bits per heavy atom. The van der Waals surface area contributed by atoms with Crippen molar-refractivity contribution in [2.24, 2.45) is 4.99 Å². The smallest absolute Gasteiger partial charge is 0.251 e. The molecule has 0 saturated heterocycles. The first kappa shape index (κ1) is 16.7. The number of hydrogen-bond acceptors (Lipinski definition) is 2. The molecular formula is C15H21FN4O. The summed E-state index contributed by atoms with van der Waals surface area (Å²) in [5, 5.41) is 8.76. The van der Waals surface area contributed by atoms with Crippen molar-refractivity contribution in [3.8, 4) is 0 Å². The highest BCUT2D eigenvalue weighted by atomic mass is 19.1. The first-order valence-corrected chi connectivity index (χ1v) is 6.68. The predicted octanol–water partition coefficient (Wildman–Crippen LogP) is 1.21. The van der Waals surface area contributed by atoms with E-state index in [-0.39, 0.29) is 11.7 Å². The molecule has 1 amide bonds. The second kappa shape index (κ2) is 8.73. The van der Waals surface area contributed by atoms with E-state index in [2.05, 4.69) is 27.5 Å². The van der Waals surface area contributed by atoms with Crippen LogP contribution in [0.2, 0.25) is 0 Å². The monoisotopic (exact) mass is 292 g/mol. The van der Waals surface area contributed by atoms with E-state index in [0.717, 1.165) is 0 Å². The Morgan fingerprint density at radius 3 is 2.67 bits per heavy atom. The van der Waals surface area contributed by atoms with E-state index in [1.54, 1.807) is 32.2 Å². The molecule has 0 bridgehead atoms. The quantitative estimate of drug-likeness (QED) is 0.320. The second-order valence-corrected chi connectivity index (χ2v) is 4.39. The average molecular weight is 292 g/mol. The zero-order chi connectivity index (χ0) is 15.7. The first-order valence-electron chi connectivity index (χ1n) is 6.68. The average Bonchev–Trinajstić information content (AvgIpc) is 2.49. The third-order valence-electron chi connectivity index (χ3n) is 2.77. The summed E-state index contributed by atoms with van der Waals surface area (Å²) in [6, 6.07) is 4.43. The number of nitrogens with one attached hydrogen (secondary N) is 3. The van der Waals surface area contributed by atoms with Crippen molar-refractivity contribution in [3.05, 3.63) is 47.8 Å². The highest BCUT2D eigenvalue weighted by molar-refractivity contribution is 5.94. The van der Waals surface area contributed by atoms with Crippen LogP contribution in [-0.2, 0) is 0 Å². The third-order valence-corrected chi connectivity index (χ3v) is 2.77. The van der Waals surface area contributed by atoms with Crippen LogP contribution in [0.4, 0.5) is 4.39 Å². The maximum absolute atomic E-state index is 13.4. The zero-order valence-electron chi connectivity index (χ0n) is 12.4. The number of guanidine groups is 1. The zero-order valence-corrected chi connectivity index (χ0v) is 12.4. The molecular weight excluding hydrogens is 271 g/mol. The predicted molar refractivity (Wildman–Crippen MR) is 83.0 cm³/mol. The van der Waals surface area contributed by atoms with Gasteiger partial charge in [-0.1, -0.05) is 12.1 Å². The number of halogens is 1. The van der Waals surface area contributed by atoms with Crippen molar-refractivity contribution in [1.82, 2.24) is 16.0 Å². The van der Waals surface area contributed by atoms with Crippen molar-refractivity contribution in [2.45, 2.75) is 6.92 Å². The Labute approximate surface area is 124 Å². The summed E-state index contributed by atoms with van der Waals surface area (Å²) in [6.07, 6.45) is 1.72. The van der Waals surface area contributed by atoms with Crippen LogP contribution in [0.3, 0.4) is 0 Å². The standard InChI is InChI=1S/C15H21FN4O/c1-4-7-19-15(17-3)20-9-8-18-14(21)12-6-5-11(2)13(16)10-12/h4-6,10H,1,7-9H2,2-3H3,(H,18,21)(H2,17,19,20). The number of nitrogens with zero attached hydrogens (tertiary/aromatic N) is 1. The van der Waals surface area contributed by atoms with Crippen molar-refractivity contribution in [1.29, 1.82) is 0 Å². The number of aryl methyl sites for hydroxylation is 1. The topological polar surface area (TPSA) is 65.5 Å². The minimum Gasteiger partial charge on any atom is -0.355 e. The van der Waals surface area contributed by atoms with E-state index < -0.39 is 0 Å². The number of benzene rings is 1. The van der Waals surface area contributed by atoms with Gasteiger partial charge in [-0.15, -0.1) is 6.58 Å². The fourth-order valence-electron chi connectivity index (χ4n) is 1.58. The maximum atomic E-state index is 13.4. The Morgan fingerprint density at radius 1 is 1.33 bits per heavy atom. The minimum absolute atomic E-state index is 0.301. The van der Waals surface area contributed by atoms with Crippen molar-refractivity contribution >= 4 is 11.9 Å². The lowest BCUT2D eigenvalue weighted by Crippen LogP contribution is -2.41. The SMILES string of the molecule is C=CCNC(=NC)NCCNC(=O)c1ccc(C)c(F)c1. The summed E-state index contributed by atoms with van der Waals surface area (Å²) in [7, 11) is 1.66. The summed E-state index contributed by atoms with van der Waals surface area (Å²) in [5.41, 5.74) is 0.831. The van der Waals surface area contributed by atoms with E-state index in [9.17, 15) is 9.18 Å². The van der Waals surface area contributed by atoms with Crippen LogP contribution in [0.1, 0.15) is 15.9 Å². The molecule has 0 saturated carbocycles. The molecule has 0 aliphatic carbocycles. The fraction of sp³-hybridized carbons (Fsp3) is 0.333. The molecule has 3 N–H and O–H groups in total. The maximum Gasteiger partial charge on any atom is 0.251 e. The Kier molecular flexibility index (Phi) is 6.94. The summed E-state index contributed by atoms with van der Waals surface area (Å²) in [5.74, 6) is -0.0509. The van der Waals surface area contributed by atoms with Gasteiger partial charge in [-0.25, -0.2) is 4.39 Å². The van der Waals surface area contributed by atoms with Crippen LogP contribution in [0.25, 0.3) is 0 Å². The van der Waals surface area contributed by atoms with E-state index >= 15 is 0 Å². The minimum atomic E-state index is -0.380. The molecule has 0 unspecified atom stereocenters. The van der Waals surface area contributed by atoms with Gasteiger partial charge in [0.15, 0.2) is 5.96 Å². The second-order valence-electron chi connectivity index (χ2n) is 4.39. The van der Waals surface area contributed by atoms with Crippen LogP contribution in [0.5, 0.6) is 0 Å². The normalized spacial score (nSPS) is 10.9. The van der Waals surface area contributed by atoms with Gasteiger partial charge >= 0.3 is 0 Å². The number of rotatable bonds is 6. The highest BCUT2D eigenvalue weighted by Crippen LogP contribution is 2.08. The van der Waals surface area contributed by atoms with E-state index in [4.69, 9.17) is 0 Å². The summed E-state index contributed by atoms with van der Waals surface area (Å²) >= 11 is 0. The molecule has 21 heavy (non-hydrogen) atoms. The number of amides is 1. The molecule has 5 nitrogen and oxygen atoms in total. The van der Waals surface area contributed by atoms with Gasteiger partial charge in [0.25, 0.3) is 5.91 Å². The molecule has 0 radical (unpaired) electrons. The van der Waals surface area contributed by atoms with Gasteiger partial charge in [0.05, 0.1) is 0 Å². The Hall–Kier alpha value is -2.37. The first-order chi connectivity index (χ1) is 10.1. The lowest BCUT2D eigenvalue weighted by Gasteiger charge is -2.11. The number of aliphatic imine (C=N–C) groups is 1. The third kappa shape index (κ3) is 5.64. The van der Waals surface area contributed by atoms with Crippen LogP contribution in [0.15, 0.2) is 35.8 Å². The van der Waals surface area contributed by atoms with Gasteiger partial charge in [-0.05, 0) is 24.6 Å². The van der Waals surface area contributed by atoms with Gasteiger partial charge in [-0.3, -0.25) is 9.79 Å². The molecule has 114 valence electrons. The summed E-state index contributed by atoms with van der Waals surface area (Å²) in [6.45, 7) is 6.78.